The Labute approximate surface area is 211 Å². The number of aromatic hydroxyl groups is 1. The van der Waals surface area contributed by atoms with Crippen LogP contribution in [0.25, 0.3) is 22.0 Å². The lowest BCUT2D eigenvalue weighted by Crippen LogP contribution is -2.36. The molecule has 0 bridgehead atoms. The number of Topliss-reactive ketones (excluding diaryl/α,β-unsaturated/α-hetero) is 1. The molecule has 0 unspecified atom stereocenters. The van der Waals surface area contributed by atoms with Crippen LogP contribution in [0.2, 0.25) is 5.02 Å². The molecule has 7 heteroatoms. The minimum Gasteiger partial charge on any atom is -0.503 e. The van der Waals surface area contributed by atoms with Gasteiger partial charge in [0.05, 0.1) is 28.9 Å². The van der Waals surface area contributed by atoms with Gasteiger partial charge in [-0.1, -0.05) is 17.7 Å². The number of ether oxygens (including phenoxy) is 1. The first kappa shape index (κ1) is 23.9. The second kappa shape index (κ2) is 9.67. The molecule has 0 radical (unpaired) electrons. The van der Waals surface area contributed by atoms with Gasteiger partial charge in [0.25, 0.3) is 0 Å². The van der Waals surface area contributed by atoms with Crippen molar-refractivity contribution >= 4 is 34.0 Å². The van der Waals surface area contributed by atoms with E-state index >= 15 is 0 Å². The van der Waals surface area contributed by atoms with Crippen molar-refractivity contribution in [2.24, 2.45) is 5.92 Å². The number of halogens is 1. The number of carbonyl (C=O) groups excluding carboxylic acids is 1. The number of methoxy groups -OCH3 is 1. The molecule has 2 saturated carbocycles. The molecule has 0 spiro atoms. The van der Waals surface area contributed by atoms with Crippen LogP contribution in [-0.2, 0) is 0 Å². The first-order valence-electron chi connectivity index (χ1n) is 12.3. The third-order valence-corrected chi connectivity index (χ3v) is 7.73. The first-order chi connectivity index (χ1) is 16.9. The SMILES string of the molecule is COc1cc(-c2ccc3ncc(C(=O)C4CC4)c(NC4CCC(N(C)C)CC4)c3c2)cc(Cl)c1O. The Bertz CT molecular complexity index is 1260. The average Bonchev–Trinajstić information content (AvgIpc) is 3.71. The van der Waals surface area contributed by atoms with Crippen molar-refractivity contribution in [1.29, 1.82) is 0 Å². The number of carbonyl (C=O) groups is 1. The highest BCUT2D eigenvalue weighted by Gasteiger charge is 2.33. The number of nitrogens with one attached hydrogen (secondary N) is 1. The molecule has 2 aliphatic rings. The van der Waals surface area contributed by atoms with Crippen LogP contribution in [0, 0.1) is 5.92 Å². The van der Waals surface area contributed by atoms with Gasteiger partial charge in [0.15, 0.2) is 17.3 Å². The zero-order valence-corrected chi connectivity index (χ0v) is 21.2. The summed E-state index contributed by atoms with van der Waals surface area (Å²) in [6, 6.07) is 10.4. The molecule has 0 atom stereocenters. The molecule has 1 aromatic heterocycles. The van der Waals surface area contributed by atoms with Gasteiger partial charge >= 0.3 is 0 Å². The maximum atomic E-state index is 13.2. The van der Waals surface area contributed by atoms with Crippen LogP contribution in [0.1, 0.15) is 48.9 Å². The molecule has 3 aromatic rings. The monoisotopic (exact) mass is 493 g/mol. The largest absolute Gasteiger partial charge is 0.503 e. The number of anilines is 1. The van der Waals surface area contributed by atoms with E-state index in [1.165, 1.54) is 7.11 Å². The summed E-state index contributed by atoms with van der Waals surface area (Å²) in [4.78, 5) is 20.2. The number of phenolic OH excluding ortho intramolecular Hbond substituents is 1. The van der Waals surface area contributed by atoms with Gasteiger partial charge in [0, 0.05) is 29.6 Å². The molecule has 35 heavy (non-hydrogen) atoms. The van der Waals surface area contributed by atoms with Crippen molar-refractivity contribution in [3.05, 3.63) is 47.1 Å². The number of aromatic nitrogens is 1. The predicted octanol–water partition coefficient (Wildman–Crippen LogP) is 6.15. The molecule has 184 valence electrons. The van der Waals surface area contributed by atoms with Gasteiger partial charge in [-0.25, -0.2) is 0 Å². The van der Waals surface area contributed by atoms with Gasteiger partial charge in [-0.2, -0.15) is 0 Å². The lowest BCUT2D eigenvalue weighted by Gasteiger charge is -2.34. The summed E-state index contributed by atoms with van der Waals surface area (Å²) in [6.07, 6.45) is 8.05. The van der Waals surface area contributed by atoms with E-state index in [4.69, 9.17) is 16.3 Å². The first-order valence-corrected chi connectivity index (χ1v) is 12.7. The Kier molecular flexibility index (Phi) is 6.60. The minimum atomic E-state index is -0.0756. The Hall–Kier alpha value is -2.83. The molecular formula is C28H32ClN3O3. The van der Waals surface area contributed by atoms with Crippen molar-refractivity contribution in [2.45, 2.75) is 50.6 Å². The summed E-state index contributed by atoms with van der Waals surface area (Å²) in [7, 11) is 5.79. The summed E-state index contributed by atoms with van der Waals surface area (Å²) in [5.74, 6) is 0.541. The number of hydrogen-bond donors (Lipinski definition) is 2. The Balaban J connectivity index is 1.57. The molecule has 0 saturated heterocycles. The smallest absolute Gasteiger partial charge is 0.176 e. The number of fused-ring (bicyclic) bond motifs is 1. The van der Waals surface area contributed by atoms with Crippen molar-refractivity contribution in [2.75, 3.05) is 26.5 Å². The number of hydrogen-bond acceptors (Lipinski definition) is 6. The van der Waals surface area contributed by atoms with Crippen molar-refractivity contribution in [3.63, 3.8) is 0 Å². The maximum Gasteiger partial charge on any atom is 0.176 e. The zero-order chi connectivity index (χ0) is 24.7. The van der Waals surface area contributed by atoms with E-state index in [9.17, 15) is 9.90 Å². The van der Waals surface area contributed by atoms with E-state index in [0.717, 1.165) is 66.2 Å². The Morgan fingerprint density at radius 2 is 1.83 bits per heavy atom. The number of benzene rings is 2. The number of pyridine rings is 1. The molecular weight excluding hydrogens is 462 g/mol. The topological polar surface area (TPSA) is 74.7 Å². The fourth-order valence-corrected chi connectivity index (χ4v) is 5.33. The van der Waals surface area contributed by atoms with Crippen molar-refractivity contribution in [3.8, 4) is 22.6 Å². The van der Waals surface area contributed by atoms with Gasteiger partial charge in [-0.05, 0) is 88.0 Å². The molecule has 2 aliphatic carbocycles. The minimum absolute atomic E-state index is 0.0756. The molecule has 5 rings (SSSR count). The normalized spacial score (nSPS) is 20.3. The van der Waals surface area contributed by atoms with Gasteiger partial charge in [-0.3, -0.25) is 9.78 Å². The maximum absolute atomic E-state index is 13.2. The summed E-state index contributed by atoms with van der Waals surface area (Å²) in [5, 5.41) is 15.1. The molecule has 2 N–H and O–H groups in total. The van der Waals surface area contributed by atoms with E-state index in [2.05, 4.69) is 35.4 Å². The molecule has 6 nitrogen and oxygen atoms in total. The van der Waals surface area contributed by atoms with Crippen LogP contribution < -0.4 is 10.1 Å². The number of ketones is 1. The van der Waals surface area contributed by atoms with E-state index in [-0.39, 0.29) is 22.5 Å². The quantitative estimate of drug-likeness (QED) is 0.385. The second-order valence-electron chi connectivity index (χ2n) is 10.0. The molecule has 0 amide bonds. The van der Waals surface area contributed by atoms with Gasteiger partial charge < -0.3 is 20.1 Å². The van der Waals surface area contributed by atoms with E-state index in [1.54, 1.807) is 18.3 Å². The molecule has 2 aromatic carbocycles. The van der Waals surface area contributed by atoms with Crippen LogP contribution in [0.3, 0.4) is 0 Å². The fourth-order valence-electron chi connectivity index (χ4n) is 5.12. The third-order valence-electron chi connectivity index (χ3n) is 7.44. The average molecular weight is 494 g/mol. The highest BCUT2D eigenvalue weighted by molar-refractivity contribution is 6.32. The zero-order valence-electron chi connectivity index (χ0n) is 20.5. The summed E-state index contributed by atoms with van der Waals surface area (Å²) in [6.45, 7) is 0. The Morgan fingerprint density at radius 3 is 2.49 bits per heavy atom. The molecule has 2 fully saturated rings. The highest BCUT2D eigenvalue weighted by atomic mass is 35.5. The van der Waals surface area contributed by atoms with Gasteiger partial charge in [-0.15, -0.1) is 0 Å². The fraction of sp³-hybridized carbons (Fsp3) is 0.429. The Morgan fingerprint density at radius 1 is 1.09 bits per heavy atom. The summed E-state index contributed by atoms with van der Waals surface area (Å²) < 4.78 is 5.30. The summed E-state index contributed by atoms with van der Waals surface area (Å²) in [5.41, 5.74) is 4.15. The summed E-state index contributed by atoms with van der Waals surface area (Å²) >= 11 is 6.27. The lowest BCUT2D eigenvalue weighted by molar-refractivity contribution is 0.0968. The van der Waals surface area contributed by atoms with Crippen molar-refractivity contribution in [1.82, 2.24) is 9.88 Å². The number of phenols is 1. The van der Waals surface area contributed by atoms with Crippen LogP contribution in [-0.4, -0.2) is 54.1 Å². The third kappa shape index (κ3) is 4.82. The van der Waals surface area contributed by atoms with Crippen molar-refractivity contribution < 1.29 is 14.6 Å². The van der Waals surface area contributed by atoms with Crippen LogP contribution in [0.4, 0.5) is 5.69 Å². The standard InChI is InChI=1S/C28H32ClN3O3/c1-32(2)20-9-7-19(8-10-20)31-26-21-12-17(18-13-23(29)28(34)25(14-18)35-3)6-11-24(21)30-15-22(26)27(33)16-4-5-16/h6,11-16,19-20,34H,4-5,7-10H2,1-3H3,(H,30,31). The van der Waals surface area contributed by atoms with E-state index < -0.39 is 0 Å². The van der Waals surface area contributed by atoms with E-state index in [1.807, 2.05) is 12.1 Å². The van der Waals surface area contributed by atoms with Crippen LogP contribution >= 0.6 is 11.6 Å². The van der Waals surface area contributed by atoms with Crippen LogP contribution in [0.5, 0.6) is 11.5 Å². The highest BCUT2D eigenvalue weighted by Crippen LogP contribution is 2.41. The second-order valence-corrected chi connectivity index (χ2v) is 10.4. The lowest BCUT2D eigenvalue weighted by atomic mass is 9.89. The van der Waals surface area contributed by atoms with E-state index in [0.29, 0.717) is 23.4 Å². The predicted molar refractivity (Wildman–Crippen MR) is 141 cm³/mol. The number of rotatable bonds is 7. The van der Waals surface area contributed by atoms with Gasteiger partial charge in [0.2, 0.25) is 0 Å². The molecule has 1 heterocycles. The van der Waals surface area contributed by atoms with Crippen LogP contribution in [0.15, 0.2) is 36.5 Å². The van der Waals surface area contributed by atoms with Gasteiger partial charge in [0.1, 0.15) is 0 Å². The number of nitrogens with zero attached hydrogens (tertiary/aromatic N) is 2. The molecule has 0 aliphatic heterocycles.